The number of hydrogen-bond donors (Lipinski definition) is 3. The van der Waals surface area contributed by atoms with Crippen LogP contribution in [-0.4, -0.2) is 31.6 Å². The van der Waals surface area contributed by atoms with Crippen molar-refractivity contribution in [2.45, 2.75) is 24.3 Å². The first-order valence-corrected chi connectivity index (χ1v) is 10.4. The third-order valence-electron chi connectivity index (χ3n) is 4.61. The quantitative estimate of drug-likeness (QED) is 0.363. The number of aromatic amines is 2. The van der Waals surface area contributed by atoms with Gasteiger partial charge in [-0.05, 0) is 43.0 Å². The monoisotopic (exact) mass is 397 g/mol. The molecule has 27 heavy (non-hydrogen) atoms. The second kappa shape index (κ2) is 6.50. The van der Waals surface area contributed by atoms with E-state index < -0.39 is 0 Å². The maximum atomic E-state index is 12.4. The molecule has 0 unspecified atom stereocenters. The van der Waals surface area contributed by atoms with E-state index in [-0.39, 0.29) is 17.3 Å². The van der Waals surface area contributed by atoms with E-state index in [1.54, 1.807) is 35.9 Å². The van der Waals surface area contributed by atoms with Gasteiger partial charge in [0.15, 0.2) is 0 Å². The third kappa shape index (κ3) is 3.02. The fourth-order valence-corrected chi connectivity index (χ4v) is 5.57. The first-order chi connectivity index (χ1) is 13.2. The molecule has 7 nitrogen and oxygen atoms in total. The number of nitrogens with one attached hydrogen (secondary N) is 3. The number of H-pyrrole nitrogens is 2. The largest absolute Gasteiger partial charge is 0.325 e. The van der Waals surface area contributed by atoms with Gasteiger partial charge in [-0.1, -0.05) is 11.8 Å². The van der Waals surface area contributed by atoms with E-state index in [0.29, 0.717) is 16.7 Å². The second-order valence-corrected chi connectivity index (χ2v) is 8.44. The van der Waals surface area contributed by atoms with Gasteiger partial charge in [-0.25, -0.2) is 14.8 Å². The number of aryl methyl sites for hydroxylation is 2. The number of rotatable bonds is 4. The van der Waals surface area contributed by atoms with Crippen LogP contribution in [0.15, 0.2) is 34.3 Å². The molecule has 1 aliphatic rings. The van der Waals surface area contributed by atoms with Gasteiger partial charge >= 0.3 is 5.69 Å². The van der Waals surface area contributed by atoms with E-state index in [4.69, 9.17) is 0 Å². The van der Waals surface area contributed by atoms with E-state index in [1.807, 2.05) is 0 Å². The van der Waals surface area contributed by atoms with Crippen LogP contribution in [0.4, 0.5) is 5.69 Å². The maximum absolute atomic E-state index is 12.4. The molecule has 4 aromatic rings. The highest BCUT2D eigenvalue weighted by Crippen LogP contribution is 2.39. The Morgan fingerprint density at radius 3 is 3.04 bits per heavy atom. The molecule has 3 aromatic heterocycles. The summed E-state index contributed by atoms with van der Waals surface area (Å²) >= 11 is 3.18. The summed E-state index contributed by atoms with van der Waals surface area (Å²) < 4.78 is 0. The number of carbonyl (C=O) groups excluding carboxylic acids is 1. The Morgan fingerprint density at radius 1 is 1.22 bits per heavy atom. The van der Waals surface area contributed by atoms with Crippen LogP contribution in [0.3, 0.4) is 0 Å². The highest BCUT2D eigenvalue weighted by molar-refractivity contribution is 8.00. The van der Waals surface area contributed by atoms with Gasteiger partial charge in [-0.2, -0.15) is 0 Å². The fraction of sp³-hybridized carbons (Fsp3) is 0.222. The molecule has 0 spiro atoms. The summed E-state index contributed by atoms with van der Waals surface area (Å²) in [6.07, 6.45) is 4.94. The van der Waals surface area contributed by atoms with Crippen LogP contribution in [0.25, 0.3) is 21.3 Å². The highest BCUT2D eigenvalue weighted by Gasteiger charge is 2.21. The molecule has 9 heteroatoms. The van der Waals surface area contributed by atoms with Crippen LogP contribution in [0, 0.1) is 0 Å². The number of nitrogens with zero attached hydrogens (tertiary/aromatic N) is 2. The second-order valence-electron chi connectivity index (χ2n) is 6.39. The van der Waals surface area contributed by atoms with Crippen molar-refractivity contribution in [1.29, 1.82) is 0 Å². The summed E-state index contributed by atoms with van der Waals surface area (Å²) in [5, 5.41) is 4.87. The van der Waals surface area contributed by atoms with Crippen LogP contribution in [-0.2, 0) is 17.6 Å². The topological polar surface area (TPSA) is 104 Å². The van der Waals surface area contributed by atoms with Crippen LogP contribution < -0.4 is 11.0 Å². The lowest BCUT2D eigenvalue weighted by atomic mass is 10.2. The lowest BCUT2D eigenvalue weighted by Gasteiger charge is -2.06. The molecule has 0 bridgehead atoms. The fourth-order valence-electron chi connectivity index (χ4n) is 3.45. The summed E-state index contributed by atoms with van der Waals surface area (Å²) in [6.45, 7) is 0. The molecule has 0 saturated heterocycles. The minimum Gasteiger partial charge on any atom is -0.325 e. The molecule has 3 N–H and O–H groups in total. The number of benzene rings is 1. The number of amides is 1. The number of carbonyl (C=O) groups is 1. The van der Waals surface area contributed by atoms with E-state index in [1.165, 1.54) is 28.6 Å². The van der Waals surface area contributed by atoms with Crippen LogP contribution >= 0.6 is 23.1 Å². The summed E-state index contributed by atoms with van der Waals surface area (Å²) in [5.74, 6) is 0.147. The SMILES string of the molecule is O=C(CSc1ncnc2sc3c(c12)CCC3)Nc1ccc2[nH]c(=O)[nH]c2c1. The zero-order valence-corrected chi connectivity index (χ0v) is 15.8. The molecule has 136 valence electrons. The van der Waals surface area contributed by atoms with Crippen molar-refractivity contribution in [3.05, 3.63) is 45.5 Å². The first-order valence-electron chi connectivity index (χ1n) is 8.57. The standard InChI is InChI=1S/C18H15N5O2S2/c24-14(21-9-4-5-11-12(6-9)23-18(25)22-11)7-26-16-15-10-2-1-3-13(10)27-17(15)20-8-19-16/h4-6,8H,1-3,7H2,(H,21,24)(H2,22,23,25). The summed E-state index contributed by atoms with van der Waals surface area (Å²) in [4.78, 5) is 40.3. The average Bonchev–Trinajstić information content (AvgIpc) is 3.32. The third-order valence-corrected chi connectivity index (χ3v) is 6.80. The van der Waals surface area contributed by atoms with E-state index >= 15 is 0 Å². The number of fused-ring (bicyclic) bond motifs is 4. The van der Waals surface area contributed by atoms with Crippen LogP contribution in [0.1, 0.15) is 16.9 Å². The smallest absolute Gasteiger partial charge is 0.323 e. The zero-order chi connectivity index (χ0) is 18.4. The molecule has 5 rings (SSSR count). The summed E-state index contributed by atoms with van der Waals surface area (Å²) in [5.41, 5.74) is 3.12. The Balaban J connectivity index is 1.33. The molecule has 0 fully saturated rings. The van der Waals surface area contributed by atoms with E-state index in [9.17, 15) is 9.59 Å². The lowest BCUT2D eigenvalue weighted by Crippen LogP contribution is -2.14. The van der Waals surface area contributed by atoms with Gasteiger partial charge in [0.2, 0.25) is 5.91 Å². The van der Waals surface area contributed by atoms with Gasteiger partial charge < -0.3 is 15.3 Å². The molecule has 1 aliphatic carbocycles. The van der Waals surface area contributed by atoms with Gasteiger partial charge in [-0.3, -0.25) is 4.79 Å². The van der Waals surface area contributed by atoms with Crippen molar-refractivity contribution in [3.63, 3.8) is 0 Å². The number of thiophene rings is 1. The van der Waals surface area contributed by atoms with Crippen molar-refractivity contribution in [2.24, 2.45) is 0 Å². The predicted octanol–water partition coefficient (Wildman–Crippen LogP) is 3.08. The van der Waals surface area contributed by atoms with Gasteiger partial charge in [-0.15, -0.1) is 11.3 Å². The predicted molar refractivity (Wildman–Crippen MR) is 108 cm³/mol. The molecular weight excluding hydrogens is 382 g/mol. The molecule has 1 amide bonds. The van der Waals surface area contributed by atoms with Gasteiger partial charge in [0.05, 0.1) is 16.8 Å². The highest BCUT2D eigenvalue weighted by atomic mass is 32.2. The number of imidazole rings is 1. The van der Waals surface area contributed by atoms with Gasteiger partial charge in [0, 0.05) is 16.0 Å². The number of anilines is 1. The Hall–Kier alpha value is -2.65. The normalized spacial score (nSPS) is 13.3. The van der Waals surface area contributed by atoms with Crippen molar-refractivity contribution in [2.75, 3.05) is 11.1 Å². The average molecular weight is 397 g/mol. The molecule has 3 heterocycles. The van der Waals surface area contributed by atoms with Crippen molar-refractivity contribution >= 4 is 55.9 Å². The van der Waals surface area contributed by atoms with Gasteiger partial charge in [0.25, 0.3) is 0 Å². The number of aromatic nitrogens is 4. The van der Waals surface area contributed by atoms with Crippen molar-refractivity contribution < 1.29 is 4.79 Å². The molecular formula is C18H15N5O2S2. The maximum Gasteiger partial charge on any atom is 0.323 e. The van der Waals surface area contributed by atoms with Crippen molar-refractivity contribution in [3.8, 4) is 0 Å². The summed E-state index contributed by atoms with van der Waals surface area (Å²) in [7, 11) is 0. The molecule has 1 aromatic carbocycles. The molecule has 0 saturated carbocycles. The first kappa shape index (κ1) is 16.5. The summed E-state index contributed by atoms with van der Waals surface area (Å²) in [6, 6.07) is 5.27. The number of hydrogen-bond acceptors (Lipinski definition) is 6. The van der Waals surface area contributed by atoms with E-state index in [2.05, 4.69) is 25.3 Å². The Bertz CT molecular complexity index is 1240. The minimum atomic E-state index is -0.264. The Labute approximate surface area is 161 Å². The molecule has 0 atom stereocenters. The lowest BCUT2D eigenvalue weighted by molar-refractivity contribution is -0.113. The Kier molecular flexibility index (Phi) is 3.98. The molecule has 0 aliphatic heterocycles. The van der Waals surface area contributed by atoms with Crippen molar-refractivity contribution in [1.82, 2.24) is 19.9 Å². The molecule has 0 radical (unpaired) electrons. The van der Waals surface area contributed by atoms with Crippen LogP contribution in [0.5, 0.6) is 0 Å². The minimum absolute atomic E-state index is 0.115. The zero-order valence-electron chi connectivity index (χ0n) is 14.2. The van der Waals surface area contributed by atoms with Crippen LogP contribution in [0.2, 0.25) is 0 Å². The number of thioether (sulfide) groups is 1. The van der Waals surface area contributed by atoms with E-state index in [0.717, 1.165) is 28.1 Å². The Morgan fingerprint density at radius 2 is 2.11 bits per heavy atom. The van der Waals surface area contributed by atoms with Gasteiger partial charge in [0.1, 0.15) is 16.2 Å².